The van der Waals surface area contributed by atoms with Crippen LogP contribution < -0.4 is 24.6 Å². The highest BCUT2D eigenvalue weighted by atomic mass is 35.5. The van der Waals surface area contributed by atoms with Gasteiger partial charge in [-0.1, -0.05) is 37.6 Å². The predicted molar refractivity (Wildman–Crippen MR) is 182 cm³/mol. The minimum atomic E-state index is -0.325. The fourth-order valence-electron chi connectivity index (χ4n) is 6.63. The number of halogens is 1. The Kier molecular flexibility index (Phi) is 10.8. The molecule has 3 aromatic carbocycles. The van der Waals surface area contributed by atoms with E-state index in [1.54, 1.807) is 7.11 Å². The molecule has 1 N–H and O–H groups in total. The van der Waals surface area contributed by atoms with Gasteiger partial charge in [-0.05, 0) is 123 Å². The topological polar surface area (TPSA) is 54.0 Å². The first kappa shape index (κ1) is 32.2. The number of ether oxygens (including phenoxy) is 2. The number of nitrogens with one attached hydrogen (secondary N) is 1. The monoisotopic (exact) mass is 617 g/mol. The smallest absolute Gasteiger partial charge is 0.232 e. The number of fused-ring (bicyclic) bond motifs is 1. The SMILES string of the molecule is CCCNC1CCC(CN(C)c2ccc(N3C(=O)Cc4cc(OC)c(OC(C)CC)cc4C3c3ccc(Cl)cc3)cc2)CC1. The van der Waals surface area contributed by atoms with E-state index in [9.17, 15) is 4.79 Å². The number of carbonyl (C=O) groups is 1. The Morgan fingerprint density at radius 2 is 1.70 bits per heavy atom. The number of methoxy groups -OCH3 is 1. The lowest BCUT2D eigenvalue weighted by Crippen LogP contribution is -2.41. The van der Waals surface area contributed by atoms with E-state index >= 15 is 0 Å². The van der Waals surface area contributed by atoms with Gasteiger partial charge in [0.05, 0.1) is 25.7 Å². The second-order valence-corrected chi connectivity index (χ2v) is 12.9. The van der Waals surface area contributed by atoms with Gasteiger partial charge in [0.2, 0.25) is 5.91 Å². The highest BCUT2D eigenvalue weighted by molar-refractivity contribution is 6.30. The molecule has 3 aromatic rings. The summed E-state index contributed by atoms with van der Waals surface area (Å²) in [4.78, 5) is 18.2. The van der Waals surface area contributed by atoms with Crippen molar-refractivity contribution in [2.75, 3.05) is 37.0 Å². The Hall–Kier alpha value is -3.22. The van der Waals surface area contributed by atoms with E-state index in [4.69, 9.17) is 21.1 Å². The van der Waals surface area contributed by atoms with Crippen molar-refractivity contribution in [1.82, 2.24) is 5.32 Å². The summed E-state index contributed by atoms with van der Waals surface area (Å²) in [5, 5.41) is 4.36. The molecule has 0 spiro atoms. The lowest BCUT2D eigenvalue weighted by molar-refractivity contribution is -0.118. The number of amides is 1. The molecule has 0 radical (unpaired) electrons. The second kappa shape index (κ2) is 14.7. The second-order valence-electron chi connectivity index (χ2n) is 12.5. The number of hydrogen-bond donors (Lipinski definition) is 1. The maximum Gasteiger partial charge on any atom is 0.232 e. The van der Waals surface area contributed by atoms with Crippen LogP contribution in [0.1, 0.15) is 82.0 Å². The van der Waals surface area contributed by atoms with Crippen LogP contribution in [-0.2, 0) is 11.2 Å². The molecule has 1 saturated carbocycles. The summed E-state index contributed by atoms with van der Waals surface area (Å²) >= 11 is 6.29. The van der Waals surface area contributed by atoms with Crippen LogP contribution >= 0.6 is 11.6 Å². The van der Waals surface area contributed by atoms with Gasteiger partial charge in [0.25, 0.3) is 0 Å². The first-order valence-corrected chi connectivity index (χ1v) is 16.7. The van der Waals surface area contributed by atoms with Crippen molar-refractivity contribution in [2.45, 2.75) is 83.9 Å². The first-order chi connectivity index (χ1) is 21.3. The van der Waals surface area contributed by atoms with E-state index < -0.39 is 0 Å². The summed E-state index contributed by atoms with van der Waals surface area (Å²) in [5.41, 5.74) is 5.03. The predicted octanol–water partition coefficient (Wildman–Crippen LogP) is 8.20. The number of benzene rings is 3. The normalized spacial score (nSPS) is 20.6. The maximum absolute atomic E-state index is 13.9. The molecule has 7 heteroatoms. The fourth-order valence-corrected chi connectivity index (χ4v) is 6.76. The number of rotatable bonds is 12. The van der Waals surface area contributed by atoms with Gasteiger partial charge in [-0.3, -0.25) is 4.79 Å². The van der Waals surface area contributed by atoms with Crippen LogP contribution in [0.4, 0.5) is 11.4 Å². The van der Waals surface area contributed by atoms with Crippen LogP contribution in [0.2, 0.25) is 5.02 Å². The lowest BCUT2D eigenvalue weighted by atomic mass is 9.85. The summed E-state index contributed by atoms with van der Waals surface area (Å²) in [7, 11) is 3.83. The third kappa shape index (κ3) is 7.35. The van der Waals surface area contributed by atoms with Gasteiger partial charge in [-0.15, -0.1) is 0 Å². The Bertz CT molecular complexity index is 1390. The molecule has 44 heavy (non-hydrogen) atoms. The zero-order valence-corrected chi connectivity index (χ0v) is 27.7. The number of hydrogen-bond acceptors (Lipinski definition) is 5. The van der Waals surface area contributed by atoms with Crippen molar-refractivity contribution in [3.63, 3.8) is 0 Å². The van der Waals surface area contributed by atoms with Crippen LogP contribution in [0.3, 0.4) is 0 Å². The molecule has 0 bridgehead atoms. The largest absolute Gasteiger partial charge is 0.493 e. The Morgan fingerprint density at radius 3 is 2.34 bits per heavy atom. The van der Waals surface area contributed by atoms with Crippen LogP contribution in [0.25, 0.3) is 0 Å². The molecule has 2 atom stereocenters. The molecule has 0 aromatic heterocycles. The summed E-state index contributed by atoms with van der Waals surface area (Å²) in [6.45, 7) is 8.55. The van der Waals surface area contributed by atoms with Crippen molar-refractivity contribution in [2.24, 2.45) is 5.92 Å². The number of anilines is 2. The number of carbonyl (C=O) groups excluding carboxylic acids is 1. The van der Waals surface area contributed by atoms with E-state index in [0.717, 1.165) is 41.9 Å². The zero-order valence-electron chi connectivity index (χ0n) is 26.9. The molecular weight excluding hydrogens is 570 g/mol. The quantitative estimate of drug-likeness (QED) is 0.222. The van der Waals surface area contributed by atoms with Gasteiger partial charge in [0.1, 0.15) is 0 Å². The summed E-state index contributed by atoms with van der Waals surface area (Å²) in [5.74, 6) is 2.10. The summed E-state index contributed by atoms with van der Waals surface area (Å²) in [6.07, 6.45) is 7.45. The fraction of sp³-hybridized carbons (Fsp3) is 0.486. The van der Waals surface area contributed by atoms with E-state index in [-0.39, 0.29) is 24.5 Å². The highest BCUT2D eigenvalue weighted by Gasteiger charge is 2.36. The molecule has 1 fully saturated rings. The molecule has 1 aliphatic carbocycles. The third-order valence-corrected chi connectivity index (χ3v) is 9.56. The standard InChI is InChI=1S/C37H48ClN3O3/c1-6-20-39-30-14-8-26(9-15-30)24-40(4)31-16-18-32(19-17-31)41-36(42)22-28-21-34(43-5)35(44-25(3)7-2)23-33(28)37(41)27-10-12-29(38)13-11-27/h10-13,16-19,21,23,25-26,30,37,39H,6-9,14-15,20,22,24H2,1-5H3. The number of nitrogens with zero attached hydrogens (tertiary/aromatic N) is 2. The minimum Gasteiger partial charge on any atom is -0.493 e. The van der Waals surface area contributed by atoms with Gasteiger partial charge < -0.3 is 24.6 Å². The molecule has 1 aliphatic heterocycles. The first-order valence-electron chi connectivity index (χ1n) is 16.3. The average molecular weight is 618 g/mol. The van der Waals surface area contributed by atoms with Gasteiger partial charge in [0, 0.05) is 36.0 Å². The van der Waals surface area contributed by atoms with E-state index in [0.29, 0.717) is 28.5 Å². The Morgan fingerprint density at radius 1 is 1.00 bits per heavy atom. The van der Waals surface area contributed by atoms with Gasteiger partial charge in [-0.2, -0.15) is 0 Å². The van der Waals surface area contributed by atoms with Crippen LogP contribution in [0.5, 0.6) is 11.5 Å². The minimum absolute atomic E-state index is 0.0366. The molecule has 0 saturated heterocycles. The van der Waals surface area contributed by atoms with Crippen molar-refractivity contribution < 1.29 is 14.3 Å². The molecule has 236 valence electrons. The van der Waals surface area contributed by atoms with Crippen molar-refractivity contribution in [3.05, 3.63) is 82.4 Å². The molecule has 2 aliphatic rings. The van der Waals surface area contributed by atoms with Crippen molar-refractivity contribution in [1.29, 1.82) is 0 Å². The average Bonchev–Trinajstić information content (AvgIpc) is 3.04. The molecule has 1 heterocycles. The summed E-state index contributed by atoms with van der Waals surface area (Å²) in [6, 6.07) is 20.7. The molecular formula is C37H48ClN3O3. The van der Waals surface area contributed by atoms with Crippen molar-refractivity contribution in [3.8, 4) is 11.5 Å². The highest BCUT2D eigenvalue weighted by Crippen LogP contribution is 2.44. The maximum atomic E-state index is 13.9. The zero-order chi connectivity index (χ0) is 31.2. The van der Waals surface area contributed by atoms with E-state index in [2.05, 4.69) is 68.4 Å². The van der Waals surface area contributed by atoms with Crippen LogP contribution in [-0.4, -0.2) is 45.3 Å². The Labute approximate surface area is 268 Å². The van der Waals surface area contributed by atoms with Gasteiger partial charge in [0.15, 0.2) is 11.5 Å². The van der Waals surface area contributed by atoms with Crippen LogP contribution in [0, 0.1) is 5.92 Å². The van der Waals surface area contributed by atoms with E-state index in [1.807, 2.05) is 35.2 Å². The van der Waals surface area contributed by atoms with Crippen LogP contribution in [0.15, 0.2) is 60.7 Å². The molecule has 1 amide bonds. The third-order valence-electron chi connectivity index (χ3n) is 9.31. The summed E-state index contributed by atoms with van der Waals surface area (Å²) < 4.78 is 12.0. The van der Waals surface area contributed by atoms with E-state index in [1.165, 1.54) is 37.8 Å². The lowest BCUT2D eigenvalue weighted by Gasteiger charge is -2.38. The van der Waals surface area contributed by atoms with Gasteiger partial charge in [-0.25, -0.2) is 0 Å². The Balaban J connectivity index is 1.41. The van der Waals surface area contributed by atoms with Gasteiger partial charge >= 0.3 is 0 Å². The molecule has 6 nitrogen and oxygen atoms in total. The molecule has 2 unspecified atom stereocenters. The molecule has 5 rings (SSSR count). The van der Waals surface area contributed by atoms with Crippen molar-refractivity contribution >= 4 is 28.9 Å².